The fourth-order valence-electron chi connectivity index (χ4n) is 1.76. The summed E-state index contributed by atoms with van der Waals surface area (Å²) in [5, 5.41) is 12.0. The molecular weight excluding hydrogens is 256 g/mol. The van der Waals surface area contributed by atoms with Gasteiger partial charge in [-0.2, -0.15) is 4.98 Å². The standard InChI is InChI=1S/C14H24N4O2/c1-14(2,7-5-12(19)20)8-10-15-11-6-9-16-13(17-11)18(3)4/h6,9H,5,7-8,10H2,1-4H3,(H,19,20)(H,15,16,17). The molecule has 6 heteroatoms. The first-order valence-electron chi connectivity index (χ1n) is 6.76. The molecular formula is C14H24N4O2. The maximum Gasteiger partial charge on any atom is 0.303 e. The lowest BCUT2D eigenvalue weighted by atomic mass is 9.84. The number of hydrogen-bond donors (Lipinski definition) is 2. The molecule has 1 heterocycles. The molecule has 1 aromatic heterocycles. The third-order valence-electron chi connectivity index (χ3n) is 3.17. The van der Waals surface area contributed by atoms with Crippen molar-refractivity contribution in [2.75, 3.05) is 30.9 Å². The monoisotopic (exact) mass is 280 g/mol. The van der Waals surface area contributed by atoms with Crippen molar-refractivity contribution in [3.63, 3.8) is 0 Å². The highest BCUT2D eigenvalue weighted by atomic mass is 16.4. The van der Waals surface area contributed by atoms with Gasteiger partial charge in [-0.15, -0.1) is 0 Å². The molecule has 0 radical (unpaired) electrons. The van der Waals surface area contributed by atoms with Gasteiger partial charge in [0.25, 0.3) is 0 Å². The zero-order valence-electron chi connectivity index (χ0n) is 12.7. The van der Waals surface area contributed by atoms with E-state index in [4.69, 9.17) is 5.11 Å². The van der Waals surface area contributed by atoms with Gasteiger partial charge in [0.15, 0.2) is 0 Å². The Hall–Kier alpha value is -1.85. The number of aliphatic carboxylic acids is 1. The lowest BCUT2D eigenvalue weighted by Crippen LogP contribution is -2.19. The molecule has 0 saturated carbocycles. The fourth-order valence-corrected chi connectivity index (χ4v) is 1.76. The highest BCUT2D eigenvalue weighted by molar-refractivity contribution is 5.66. The zero-order chi connectivity index (χ0) is 15.2. The van der Waals surface area contributed by atoms with Gasteiger partial charge in [0.05, 0.1) is 0 Å². The third-order valence-corrected chi connectivity index (χ3v) is 3.17. The predicted molar refractivity (Wildman–Crippen MR) is 80.1 cm³/mol. The van der Waals surface area contributed by atoms with Crippen LogP contribution in [0, 0.1) is 5.41 Å². The second-order valence-corrected chi connectivity index (χ2v) is 5.87. The molecule has 0 aromatic carbocycles. The quantitative estimate of drug-likeness (QED) is 0.760. The molecule has 6 nitrogen and oxygen atoms in total. The van der Waals surface area contributed by atoms with E-state index in [0.29, 0.717) is 12.4 Å². The summed E-state index contributed by atoms with van der Waals surface area (Å²) in [6, 6.07) is 1.83. The van der Waals surface area contributed by atoms with E-state index in [1.54, 1.807) is 6.20 Å². The number of nitrogens with one attached hydrogen (secondary N) is 1. The number of aromatic nitrogens is 2. The van der Waals surface area contributed by atoms with E-state index in [1.807, 2.05) is 25.1 Å². The van der Waals surface area contributed by atoms with Crippen molar-refractivity contribution in [1.29, 1.82) is 0 Å². The first kappa shape index (κ1) is 16.2. The van der Waals surface area contributed by atoms with Crippen LogP contribution in [0.4, 0.5) is 11.8 Å². The highest BCUT2D eigenvalue weighted by Gasteiger charge is 2.18. The molecule has 0 bridgehead atoms. The highest BCUT2D eigenvalue weighted by Crippen LogP contribution is 2.26. The molecule has 2 N–H and O–H groups in total. The molecule has 1 rings (SSSR count). The van der Waals surface area contributed by atoms with Gasteiger partial charge in [0.2, 0.25) is 5.95 Å². The molecule has 0 aliphatic rings. The number of hydrogen-bond acceptors (Lipinski definition) is 5. The van der Waals surface area contributed by atoms with E-state index < -0.39 is 5.97 Å². The van der Waals surface area contributed by atoms with Crippen molar-refractivity contribution in [1.82, 2.24) is 9.97 Å². The summed E-state index contributed by atoms with van der Waals surface area (Å²) in [6.07, 6.45) is 3.50. The van der Waals surface area contributed by atoms with Crippen LogP contribution in [0.5, 0.6) is 0 Å². The maximum absolute atomic E-state index is 10.6. The Bertz CT molecular complexity index is 447. The molecule has 0 saturated heterocycles. The first-order valence-corrected chi connectivity index (χ1v) is 6.76. The van der Waals surface area contributed by atoms with Gasteiger partial charge in [-0.1, -0.05) is 13.8 Å². The summed E-state index contributed by atoms with van der Waals surface area (Å²) in [5.74, 6) is 0.718. The third kappa shape index (κ3) is 5.86. The summed E-state index contributed by atoms with van der Waals surface area (Å²) < 4.78 is 0. The van der Waals surface area contributed by atoms with Crippen molar-refractivity contribution in [2.24, 2.45) is 5.41 Å². The van der Waals surface area contributed by atoms with Gasteiger partial charge in [0.1, 0.15) is 5.82 Å². The number of nitrogens with zero attached hydrogens (tertiary/aromatic N) is 3. The molecule has 1 aromatic rings. The Kier molecular flexibility index (Phi) is 5.73. The minimum Gasteiger partial charge on any atom is -0.481 e. The molecule has 0 unspecified atom stereocenters. The fraction of sp³-hybridized carbons (Fsp3) is 0.643. The number of carbonyl (C=O) groups is 1. The van der Waals surface area contributed by atoms with Gasteiger partial charge >= 0.3 is 5.97 Å². The second kappa shape index (κ2) is 7.07. The van der Waals surface area contributed by atoms with Crippen molar-refractivity contribution in [3.8, 4) is 0 Å². The SMILES string of the molecule is CN(C)c1nccc(NCCC(C)(C)CCC(=O)O)n1. The van der Waals surface area contributed by atoms with Gasteiger partial charge in [-0.25, -0.2) is 4.98 Å². The van der Waals surface area contributed by atoms with E-state index >= 15 is 0 Å². The van der Waals surface area contributed by atoms with Crippen molar-refractivity contribution in [2.45, 2.75) is 33.1 Å². The van der Waals surface area contributed by atoms with Crippen LogP contribution in [-0.4, -0.2) is 41.7 Å². The normalized spacial score (nSPS) is 11.2. The van der Waals surface area contributed by atoms with Crippen LogP contribution >= 0.6 is 0 Å². The van der Waals surface area contributed by atoms with Crippen molar-refractivity contribution >= 4 is 17.7 Å². The van der Waals surface area contributed by atoms with Crippen LogP contribution in [0.3, 0.4) is 0 Å². The minimum absolute atomic E-state index is 0.00278. The Labute approximate surface area is 120 Å². The largest absolute Gasteiger partial charge is 0.481 e. The Morgan fingerprint density at radius 1 is 1.40 bits per heavy atom. The van der Waals surface area contributed by atoms with Gasteiger partial charge in [-0.05, 0) is 24.3 Å². The lowest BCUT2D eigenvalue weighted by molar-refractivity contribution is -0.137. The number of carboxylic acid groups (broad SMARTS) is 1. The summed E-state index contributed by atoms with van der Waals surface area (Å²) in [5.41, 5.74) is 0.00278. The molecule has 112 valence electrons. The van der Waals surface area contributed by atoms with Crippen LogP contribution in [0.25, 0.3) is 0 Å². The van der Waals surface area contributed by atoms with Crippen LogP contribution in [0.1, 0.15) is 33.1 Å². The Morgan fingerprint density at radius 2 is 2.10 bits per heavy atom. The van der Waals surface area contributed by atoms with E-state index in [0.717, 1.165) is 18.8 Å². The van der Waals surface area contributed by atoms with Gasteiger partial charge in [0, 0.05) is 33.3 Å². The van der Waals surface area contributed by atoms with Crippen LogP contribution in [0.15, 0.2) is 12.3 Å². The Morgan fingerprint density at radius 3 is 2.70 bits per heavy atom. The average Bonchev–Trinajstić information content (AvgIpc) is 2.37. The van der Waals surface area contributed by atoms with Crippen molar-refractivity contribution in [3.05, 3.63) is 12.3 Å². The van der Waals surface area contributed by atoms with E-state index in [1.165, 1.54) is 0 Å². The molecule has 0 aliphatic carbocycles. The summed E-state index contributed by atoms with van der Waals surface area (Å²) in [4.78, 5) is 21.0. The topological polar surface area (TPSA) is 78.4 Å². The van der Waals surface area contributed by atoms with Crippen LogP contribution < -0.4 is 10.2 Å². The summed E-state index contributed by atoms with van der Waals surface area (Å²) in [7, 11) is 3.79. The lowest BCUT2D eigenvalue weighted by Gasteiger charge is -2.24. The minimum atomic E-state index is -0.738. The predicted octanol–water partition coefficient (Wildman–Crippen LogP) is 2.24. The number of carboxylic acids is 1. The first-order chi connectivity index (χ1) is 9.30. The molecule has 0 amide bonds. The van der Waals surface area contributed by atoms with E-state index in [-0.39, 0.29) is 11.8 Å². The summed E-state index contributed by atoms with van der Waals surface area (Å²) in [6.45, 7) is 4.93. The Balaban J connectivity index is 2.43. The summed E-state index contributed by atoms with van der Waals surface area (Å²) >= 11 is 0. The van der Waals surface area contributed by atoms with Gasteiger partial charge < -0.3 is 15.3 Å². The van der Waals surface area contributed by atoms with Crippen molar-refractivity contribution < 1.29 is 9.90 Å². The average molecular weight is 280 g/mol. The molecule has 0 atom stereocenters. The smallest absolute Gasteiger partial charge is 0.303 e. The molecule has 0 spiro atoms. The second-order valence-electron chi connectivity index (χ2n) is 5.87. The molecule has 0 fully saturated rings. The van der Waals surface area contributed by atoms with Crippen LogP contribution in [-0.2, 0) is 4.79 Å². The number of anilines is 2. The maximum atomic E-state index is 10.6. The molecule has 0 aliphatic heterocycles. The number of rotatable bonds is 8. The zero-order valence-corrected chi connectivity index (χ0v) is 12.7. The van der Waals surface area contributed by atoms with Gasteiger partial charge in [-0.3, -0.25) is 4.79 Å². The van der Waals surface area contributed by atoms with E-state index in [9.17, 15) is 4.79 Å². The van der Waals surface area contributed by atoms with E-state index in [2.05, 4.69) is 29.1 Å². The van der Waals surface area contributed by atoms with Crippen LogP contribution in [0.2, 0.25) is 0 Å². The molecule has 20 heavy (non-hydrogen) atoms.